The Kier molecular flexibility index (Phi) is 8.40. The summed E-state index contributed by atoms with van der Waals surface area (Å²) in [5.41, 5.74) is 2.43. The second-order valence-electron chi connectivity index (χ2n) is 6.70. The summed E-state index contributed by atoms with van der Waals surface area (Å²) in [5.74, 6) is 2.95. The van der Waals surface area contributed by atoms with Gasteiger partial charge in [0.1, 0.15) is 0 Å². The highest BCUT2D eigenvalue weighted by Crippen LogP contribution is 2.29. The van der Waals surface area contributed by atoms with Crippen molar-refractivity contribution >= 4 is 29.9 Å². The van der Waals surface area contributed by atoms with Gasteiger partial charge < -0.3 is 19.7 Å². The summed E-state index contributed by atoms with van der Waals surface area (Å²) in [6, 6.07) is 6.01. The Morgan fingerprint density at radius 3 is 2.82 bits per heavy atom. The number of aryl methyl sites for hydroxylation is 1. The number of methoxy groups -OCH3 is 1. The maximum atomic E-state index is 5.67. The molecule has 3 rings (SSSR count). The van der Waals surface area contributed by atoms with E-state index in [1.165, 1.54) is 5.56 Å². The summed E-state index contributed by atoms with van der Waals surface area (Å²) in [7, 11) is 5.45. The van der Waals surface area contributed by atoms with Gasteiger partial charge in [0.15, 0.2) is 17.5 Å². The summed E-state index contributed by atoms with van der Waals surface area (Å²) < 4.78 is 12.9. The Bertz CT molecular complexity index is 793. The molecule has 1 atom stereocenters. The molecular weight excluding hydrogens is 469 g/mol. The lowest BCUT2D eigenvalue weighted by atomic mass is 10.0. The molecule has 1 aromatic carbocycles. The van der Waals surface area contributed by atoms with Crippen molar-refractivity contribution in [3.8, 4) is 11.5 Å². The highest BCUT2D eigenvalue weighted by molar-refractivity contribution is 14.0. The molecule has 1 aliphatic rings. The first-order chi connectivity index (χ1) is 13.1. The van der Waals surface area contributed by atoms with E-state index < -0.39 is 0 Å². The van der Waals surface area contributed by atoms with Gasteiger partial charge in [0.25, 0.3) is 0 Å². The number of hydrogen-bond donors (Lipinski definition) is 1. The zero-order chi connectivity index (χ0) is 19.2. The number of benzene rings is 1. The van der Waals surface area contributed by atoms with Crippen molar-refractivity contribution in [3.63, 3.8) is 0 Å². The number of aromatic nitrogens is 2. The fourth-order valence-electron chi connectivity index (χ4n) is 3.49. The minimum atomic E-state index is 0. The molecule has 0 spiro atoms. The fraction of sp³-hybridized carbons (Fsp3) is 0.500. The predicted octanol–water partition coefficient (Wildman–Crippen LogP) is 3.01. The van der Waals surface area contributed by atoms with Crippen molar-refractivity contribution in [2.45, 2.75) is 25.8 Å². The van der Waals surface area contributed by atoms with Crippen LogP contribution in [0, 0.1) is 0 Å². The second-order valence-corrected chi connectivity index (χ2v) is 6.70. The van der Waals surface area contributed by atoms with Crippen molar-refractivity contribution in [2.75, 3.05) is 33.9 Å². The number of rotatable bonds is 6. The zero-order valence-corrected chi connectivity index (χ0v) is 19.3. The Labute approximate surface area is 184 Å². The standard InChI is InChI=1S/C20H29N5O2.HI/c1-5-27-19-10-15(6-7-18(19)26-4)11-22-20(21-2)25-9-8-16(14-25)17-12-23-24(3)13-17;/h6-7,10,12-13,16H,5,8-9,11,14H2,1-4H3,(H,21,22);1H. The van der Waals surface area contributed by atoms with Crippen LogP contribution in [0.1, 0.15) is 30.4 Å². The molecule has 0 bridgehead atoms. The third kappa shape index (κ3) is 5.30. The number of halogens is 1. The molecule has 1 unspecified atom stereocenters. The first-order valence-corrected chi connectivity index (χ1v) is 9.38. The highest BCUT2D eigenvalue weighted by Gasteiger charge is 2.26. The number of ether oxygens (including phenoxy) is 2. The molecule has 0 amide bonds. The van der Waals surface area contributed by atoms with E-state index in [1.54, 1.807) is 7.11 Å². The van der Waals surface area contributed by atoms with Crippen LogP contribution in [0.2, 0.25) is 0 Å². The first-order valence-electron chi connectivity index (χ1n) is 9.38. The maximum absolute atomic E-state index is 5.67. The fourth-order valence-corrected chi connectivity index (χ4v) is 3.49. The maximum Gasteiger partial charge on any atom is 0.193 e. The Morgan fingerprint density at radius 2 is 2.18 bits per heavy atom. The van der Waals surface area contributed by atoms with Crippen molar-refractivity contribution in [1.82, 2.24) is 20.0 Å². The molecule has 154 valence electrons. The molecular formula is C20H30IN5O2. The quantitative estimate of drug-likeness (QED) is 0.376. The van der Waals surface area contributed by atoms with E-state index in [-0.39, 0.29) is 24.0 Å². The van der Waals surface area contributed by atoms with Gasteiger partial charge in [-0.05, 0) is 36.6 Å². The SMILES string of the molecule is CCOc1cc(CNC(=NC)N2CCC(c3cnn(C)c3)C2)ccc1OC.I. The van der Waals surface area contributed by atoms with Crippen LogP contribution in [0.3, 0.4) is 0 Å². The van der Waals surface area contributed by atoms with Gasteiger partial charge in [-0.1, -0.05) is 6.07 Å². The Hall–Kier alpha value is -1.97. The summed E-state index contributed by atoms with van der Waals surface area (Å²) in [6.07, 6.45) is 5.19. The number of guanidine groups is 1. The van der Waals surface area contributed by atoms with Gasteiger partial charge in [0, 0.05) is 45.8 Å². The monoisotopic (exact) mass is 499 g/mol. The van der Waals surface area contributed by atoms with E-state index >= 15 is 0 Å². The molecule has 0 saturated carbocycles. The molecule has 1 fully saturated rings. The summed E-state index contributed by atoms with van der Waals surface area (Å²) in [4.78, 5) is 6.78. The van der Waals surface area contributed by atoms with E-state index in [0.29, 0.717) is 19.1 Å². The molecule has 1 aromatic heterocycles. The van der Waals surface area contributed by atoms with Crippen LogP contribution in [-0.4, -0.2) is 54.5 Å². The molecule has 1 saturated heterocycles. The normalized spacial score (nSPS) is 16.6. The first kappa shape index (κ1) is 22.3. The molecule has 1 aliphatic heterocycles. The van der Waals surface area contributed by atoms with Gasteiger partial charge >= 0.3 is 0 Å². The van der Waals surface area contributed by atoms with E-state index in [4.69, 9.17) is 9.47 Å². The Morgan fingerprint density at radius 1 is 1.36 bits per heavy atom. The topological polar surface area (TPSA) is 63.9 Å². The van der Waals surface area contributed by atoms with Crippen molar-refractivity contribution in [1.29, 1.82) is 0 Å². The number of aliphatic imine (C=N–C) groups is 1. The van der Waals surface area contributed by atoms with Gasteiger partial charge in [-0.3, -0.25) is 9.67 Å². The third-order valence-corrected chi connectivity index (χ3v) is 4.87. The molecule has 0 radical (unpaired) electrons. The smallest absolute Gasteiger partial charge is 0.193 e. The molecule has 1 N–H and O–H groups in total. The lowest BCUT2D eigenvalue weighted by Crippen LogP contribution is -2.39. The average molecular weight is 499 g/mol. The van der Waals surface area contributed by atoms with E-state index in [0.717, 1.165) is 42.5 Å². The van der Waals surface area contributed by atoms with E-state index in [9.17, 15) is 0 Å². The van der Waals surface area contributed by atoms with Crippen molar-refractivity contribution < 1.29 is 9.47 Å². The van der Waals surface area contributed by atoms with Gasteiger partial charge in [-0.25, -0.2) is 0 Å². The summed E-state index contributed by atoms with van der Waals surface area (Å²) >= 11 is 0. The molecule has 7 nitrogen and oxygen atoms in total. The third-order valence-electron chi connectivity index (χ3n) is 4.87. The van der Waals surface area contributed by atoms with Crippen LogP contribution < -0.4 is 14.8 Å². The number of likely N-dealkylation sites (tertiary alicyclic amines) is 1. The molecule has 28 heavy (non-hydrogen) atoms. The lowest BCUT2D eigenvalue weighted by molar-refractivity contribution is 0.310. The zero-order valence-electron chi connectivity index (χ0n) is 17.0. The van der Waals surface area contributed by atoms with E-state index in [2.05, 4.69) is 26.5 Å². The highest BCUT2D eigenvalue weighted by atomic mass is 127. The average Bonchev–Trinajstić information content (AvgIpc) is 3.32. The summed E-state index contributed by atoms with van der Waals surface area (Å²) in [5, 5.41) is 7.77. The number of nitrogens with zero attached hydrogens (tertiary/aromatic N) is 4. The minimum Gasteiger partial charge on any atom is -0.493 e. The van der Waals surface area contributed by atoms with Crippen LogP contribution >= 0.6 is 24.0 Å². The van der Waals surface area contributed by atoms with Crippen LogP contribution in [0.25, 0.3) is 0 Å². The number of nitrogens with one attached hydrogen (secondary N) is 1. The van der Waals surface area contributed by atoms with Crippen molar-refractivity contribution in [3.05, 3.63) is 41.7 Å². The Balaban J connectivity index is 0.00000280. The molecule has 2 heterocycles. The van der Waals surface area contributed by atoms with Gasteiger partial charge in [0.05, 0.1) is 19.9 Å². The molecule has 0 aliphatic carbocycles. The van der Waals surface area contributed by atoms with Crippen LogP contribution in [0.15, 0.2) is 35.6 Å². The van der Waals surface area contributed by atoms with Crippen LogP contribution in [0.5, 0.6) is 11.5 Å². The minimum absolute atomic E-state index is 0. The molecule has 2 aromatic rings. The predicted molar refractivity (Wildman–Crippen MR) is 122 cm³/mol. The van der Waals surface area contributed by atoms with E-state index in [1.807, 2.05) is 50.1 Å². The van der Waals surface area contributed by atoms with Crippen LogP contribution in [0.4, 0.5) is 0 Å². The van der Waals surface area contributed by atoms with Gasteiger partial charge in [0.2, 0.25) is 0 Å². The van der Waals surface area contributed by atoms with Gasteiger partial charge in [-0.2, -0.15) is 5.10 Å². The van der Waals surface area contributed by atoms with Gasteiger partial charge in [-0.15, -0.1) is 24.0 Å². The van der Waals surface area contributed by atoms with Crippen molar-refractivity contribution in [2.24, 2.45) is 12.0 Å². The second kappa shape index (κ2) is 10.5. The summed E-state index contributed by atoms with van der Waals surface area (Å²) in [6.45, 7) is 5.21. The molecule has 8 heteroatoms. The van der Waals surface area contributed by atoms with Crippen LogP contribution in [-0.2, 0) is 13.6 Å². The largest absolute Gasteiger partial charge is 0.493 e. The number of hydrogen-bond acceptors (Lipinski definition) is 4. The lowest BCUT2D eigenvalue weighted by Gasteiger charge is -2.22.